The number of nitrogens with one attached hydrogen (secondary N) is 1. The number of rotatable bonds is 6. The van der Waals surface area contributed by atoms with Crippen LogP contribution in [0.2, 0.25) is 0 Å². The third kappa shape index (κ3) is 4.98. The van der Waals surface area contributed by atoms with E-state index in [1.54, 1.807) is 12.1 Å². The molecule has 0 saturated carbocycles. The Morgan fingerprint density at radius 3 is 2.56 bits per heavy atom. The highest BCUT2D eigenvalue weighted by atomic mass is 19.2. The van der Waals surface area contributed by atoms with E-state index in [4.69, 9.17) is 14.7 Å². The highest BCUT2D eigenvalue weighted by molar-refractivity contribution is 5.95. The van der Waals surface area contributed by atoms with Crippen molar-refractivity contribution in [3.05, 3.63) is 59.4 Å². The zero-order valence-corrected chi connectivity index (χ0v) is 14.0. The quantitative estimate of drug-likeness (QED) is 0.617. The van der Waals surface area contributed by atoms with E-state index in [9.17, 15) is 22.8 Å². The number of ether oxygens (including phenoxy) is 2. The molecule has 0 aliphatic heterocycles. The Bertz CT molecular complexity index is 912. The number of amides is 1. The Balaban J connectivity index is 1.91. The van der Waals surface area contributed by atoms with Crippen LogP contribution in [0.25, 0.3) is 0 Å². The molecule has 0 saturated heterocycles. The third-order valence-electron chi connectivity index (χ3n) is 3.32. The predicted molar refractivity (Wildman–Crippen MR) is 87.2 cm³/mol. The molecular formula is C18H13F3N2O4. The SMILES string of the molecule is C[C@H](OC(=O)COc1ccccc1C#N)C(=O)Nc1ccc(F)c(F)c1F. The van der Waals surface area contributed by atoms with Gasteiger partial charge >= 0.3 is 5.97 Å². The Labute approximate surface area is 152 Å². The Morgan fingerprint density at radius 1 is 1.15 bits per heavy atom. The summed E-state index contributed by atoms with van der Waals surface area (Å²) in [6.07, 6.45) is -1.36. The lowest BCUT2D eigenvalue weighted by atomic mass is 10.2. The maximum absolute atomic E-state index is 13.5. The molecule has 0 aliphatic carbocycles. The van der Waals surface area contributed by atoms with Gasteiger partial charge in [0, 0.05) is 0 Å². The summed E-state index contributed by atoms with van der Waals surface area (Å²) in [5, 5.41) is 10.9. The molecule has 0 aromatic heterocycles. The molecule has 0 heterocycles. The van der Waals surface area contributed by atoms with Crippen LogP contribution in [-0.2, 0) is 14.3 Å². The zero-order valence-electron chi connectivity index (χ0n) is 14.0. The summed E-state index contributed by atoms with van der Waals surface area (Å²) in [6, 6.07) is 9.56. The fraction of sp³-hybridized carbons (Fsp3) is 0.167. The van der Waals surface area contributed by atoms with E-state index >= 15 is 0 Å². The summed E-state index contributed by atoms with van der Waals surface area (Å²) in [6.45, 7) is 0.629. The van der Waals surface area contributed by atoms with Crippen molar-refractivity contribution >= 4 is 17.6 Å². The molecule has 0 unspecified atom stereocenters. The first-order valence-electron chi connectivity index (χ1n) is 7.59. The van der Waals surface area contributed by atoms with Gasteiger partial charge in [0.25, 0.3) is 5.91 Å². The number of halogens is 3. The molecule has 6 nitrogen and oxygen atoms in total. The van der Waals surface area contributed by atoms with Gasteiger partial charge in [0.1, 0.15) is 11.8 Å². The predicted octanol–water partition coefficient (Wildman–Crippen LogP) is 2.92. The van der Waals surface area contributed by atoms with E-state index in [2.05, 4.69) is 0 Å². The maximum atomic E-state index is 13.5. The lowest BCUT2D eigenvalue weighted by Crippen LogP contribution is -2.32. The minimum Gasteiger partial charge on any atom is -0.481 e. The smallest absolute Gasteiger partial charge is 0.344 e. The average Bonchev–Trinajstić information content (AvgIpc) is 2.66. The molecule has 1 atom stereocenters. The van der Waals surface area contributed by atoms with E-state index in [0.717, 1.165) is 6.07 Å². The average molecular weight is 378 g/mol. The van der Waals surface area contributed by atoms with Crippen LogP contribution in [-0.4, -0.2) is 24.6 Å². The molecule has 0 bridgehead atoms. The van der Waals surface area contributed by atoms with E-state index in [0.29, 0.717) is 6.07 Å². The van der Waals surface area contributed by atoms with Crippen LogP contribution >= 0.6 is 0 Å². The summed E-state index contributed by atoms with van der Waals surface area (Å²) < 4.78 is 49.6. The zero-order chi connectivity index (χ0) is 20.0. The fourth-order valence-corrected chi connectivity index (χ4v) is 1.96. The third-order valence-corrected chi connectivity index (χ3v) is 3.32. The monoisotopic (exact) mass is 378 g/mol. The van der Waals surface area contributed by atoms with Gasteiger partial charge in [-0.3, -0.25) is 4.79 Å². The van der Waals surface area contributed by atoms with Gasteiger partial charge in [-0.25, -0.2) is 18.0 Å². The van der Waals surface area contributed by atoms with Gasteiger partial charge < -0.3 is 14.8 Å². The van der Waals surface area contributed by atoms with Crippen molar-refractivity contribution in [2.45, 2.75) is 13.0 Å². The lowest BCUT2D eigenvalue weighted by Gasteiger charge is -2.14. The van der Waals surface area contributed by atoms with Crippen LogP contribution in [0.4, 0.5) is 18.9 Å². The number of esters is 1. The first kappa shape index (κ1) is 19.8. The van der Waals surface area contributed by atoms with Gasteiger partial charge in [-0.15, -0.1) is 0 Å². The van der Waals surface area contributed by atoms with Gasteiger partial charge in [-0.05, 0) is 31.2 Å². The van der Waals surface area contributed by atoms with Crippen molar-refractivity contribution in [3.8, 4) is 11.8 Å². The lowest BCUT2D eigenvalue weighted by molar-refractivity contribution is -0.155. The van der Waals surface area contributed by atoms with Crippen LogP contribution in [0.3, 0.4) is 0 Å². The molecule has 27 heavy (non-hydrogen) atoms. The normalized spacial score (nSPS) is 11.2. The number of nitrogens with zero attached hydrogens (tertiary/aromatic N) is 1. The maximum Gasteiger partial charge on any atom is 0.344 e. The Kier molecular flexibility index (Phi) is 6.38. The van der Waals surface area contributed by atoms with Crippen molar-refractivity contribution < 1.29 is 32.2 Å². The molecule has 2 rings (SSSR count). The molecule has 1 N–H and O–H groups in total. The van der Waals surface area contributed by atoms with Gasteiger partial charge in [0.15, 0.2) is 30.2 Å². The van der Waals surface area contributed by atoms with Gasteiger partial charge in [-0.1, -0.05) is 12.1 Å². The Hall–Kier alpha value is -3.54. The van der Waals surface area contributed by atoms with Crippen molar-refractivity contribution in [1.29, 1.82) is 5.26 Å². The molecule has 0 spiro atoms. The van der Waals surface area contributed by atoms with Crippen molar-refractivity contribution in [3.63, 3.8) is 0 Å². The second kappa shape index (κ2) is 8.71. The van der Waals surface area contributed by atoms with Crippen LogP contribution < -0.4 is 10.1 Å². The van der Waals surface area contributed by atoms with Crippen molar-refractivity contribution in [2.75, 3.05) is 11.9 Å². The second-order valence-electron chi connectivity index (χ2n) is 5.24. The number of nitriles is 1. The number of benzene rings is 2. The number of hydrogen-bond donors (Lipinski definition) is 1. The van der Waals surface area contributed by atoms with Gasteiger partial charge in [0.05, 0.1) is 11.3 Å². The first-order valence-corrected chi connectivity index (χ1v) is 7.59. The first-order chi connectivity index (χ1) is 12.8. The number of carbonyl (C=O) groups excluding carboxylic acids is 2. The number of para-hydroxylation sites is 1. The molecular weight excluding hydrogens is 365 g/mol. The van der Waals surface area contributed by atoms with Gasteiger partial charge in [-0.2, -0.15) is 5.26 Å². The molecule has 1 amide bonds. The van der Waals surface area contributed by atoms with E-state index in [-0.39, 0.29) is 11.3 Å². The van der Waals surface area contributed by atoms with Crippen LogP contribution in [0, 0.1) is 28.8 Å². The summed E-state index contributed by atoms with van der Waals surface area (Å²) in [5.74, 6) is -6.42. The summed E-state index contributed by atoms with van der Waals surface area (Å²) in [7, 11) is 0. The summed E-state index contributed by atoms with van der Waals surface area (Å²) >= 11 is 0. The molecule has 0 fully saturated rings. The Morgan fingerprint density at radius 2 is 1.85 bits per heavy atom. The minimum atomic E-state index is -1.73. The van der Waals surface area contributed by atoms with Crippen LogP contribution in [0.15, 0.2) is 36.4 Å². The second-order valence-corrected chi connectivity index (χ2v) is 5.24. The minimum absolute atomic E-state index is 0.165. The highest BCUT2D eigenvalue weighted by Crippen LogP contribution is 2.20. The van der Waals surface area contributed by atoms with E-state index in [1.807, 2.05) is 11.4 Å². The molecule has 140 valence electrons. The molecule has 0 aliphatic rings. The van der Waals surface area contributed by atoms with E-state index < -0.39 is 47.7 Å². The largest absolute Gasteiger partial charge is 0.481 e. The standard InChI is InChI=1S/C18H13F3N2O4/c1-10(18(25)23-13-7-6-12(19)16(20)17(13)21)27-15(24)9-26-14-5-3-2-4-11(14)8-22/h2-7,10H,9H2,1H3,(H,23,25)/t10-/m0/s1. The summed E-state index contributed by atoms with van der Waals surface area (Å²) in [4.78, 5) is 23.7. The van der Waals surface area contributed by atoms with E-state index in [1.165, 1.54) is 19.1 Å². The molecule has 0 radical (unpaired) electrons. The van der Waals surface area contributed by atoms with Crippen LogP contribution in [0.5, 0.6) is 5.75 Å². The highest BCUT2D eigenvalue weighted by Gasteiger charge is 2.21. The van der Waals surface area contributed by atoms with Crippen molar-refractivity contribution in [1.82, 2.24) is 0 Å². The molecule has 2 aromatic rings. The summed E-state index contributed by atoms with van der Waals surface area (Å²) in [5.41, 5.74) is -0.383. The number of anilines is 1. The topological polar surface area (TPSA) is 88.4 Å². The van der Waals surface area contributed by atoms with Crippen molar-refractivity contribution in [2.24, 2.45) is 0 Å². The van der Waals surface area contributed by atoms with Crippen LogP contribution in [0.1, 0.15) is 12.5 Å². The fourth-order valence-electron chi connectivity index (χ4n) is 1.96. The molecule has 2 aromatic carbocycles. The molecule has 9 heteroatoms. The number of carbonyl (C=O) groups is 2. The number of hydrogen-bond acceptors (Lipinski definition) is 5. The van der Waals surface area contributed by atoms with Gasteiger partial charge in [0.2, 0.25) is 0 Å².